The fourth-order valence-corrected chi connectivity index (χ4v) is 5.77. The molecule has 0 aliphatic rings. The van der Waals surface area contributed by atoms with Crippen LogP contribution < -0.4 is 0 Å². The third-order valence-corrected chi connectivity index (χ3v) is 11.0. The molecule has 0 radical (unpaired) electrons. The number of hydrogen-bond acceptors (Lipinski definition) is 0. The van der Waals surface area contributed by atoms with E-state index < -0.39 is 0 Å². The van der Waals surface area contributed by atoms with Gasteiger partial charge in [0.25, 0.3) is 0 Å². The molecule has 4 rings (SSSR count). The van der Waals surface area contributed by atoms with Gasteiger partial charge in [0.2, 0.25) is 0 Å². The minimum absolute atomic E-state index is 0. The molecule has 0 bridgehead atoms. The average molecular weight is 800 g/mol. The Kier molecular flexibility index (Phi) is 11.2. The van der Waals surface area contributed by atoms with Crippen LogP contribution >= 0.6 is 95.6 Å². The molecule has 0 heterocycles. The van der Waals surface area contributed by atoms with E-state index in [-0.39, 0.29) is 5.48 Å². The third-order valence-electron chi connectivity index (χ3n) is 4.24. The predicted octanol–water partition coefficient (Wildman–Crippen LogP) is 10.5. The van der Waals surface area contributed by atoms with E-state index in [0.29, 0.717) is 0 Å². The van der Waals surface area contributed by atoms with Gasteiger partial charge in [0.1, 0.15) is 0 Å². The van der Waals surface area contributed by atoms with Crippen molar-refractivity contribution in [2.45, 2.75) is 0 Å². The van der Waals surface area contributed by atoms with Crippen molar-refractivity contribution < 1.29 is 5.48 Å². The molecule has 4 aromatic rings. The van der Waals surface area contributed by atoms with Crippen LogP contribution in [0.5, 0.6) is 0 Å². The van der Waals surface area contributed by atoms with Crippen molar-refractivity contribution in [3.8, 4) is 22.3 Å². The number of hydrogen-bond donors (Lipinski definition) is 0. The van der Waals surface area contributed by atoms with Gasteiger partial charge in [0, 0.05) is 26.8 Å². The summed E-state index contributed by atoms with van der Waals surface area (Å²) >= 11 is 21.2. The Hall–Kier alpha value is -0.280. The van der Waals surface area contributed by atoms with Crippen molar-refractivity contribution in [1.29, 1.82) is 0 Å². The molecule has 0 fully saturated rings. The molecule has 0 spiro atoms. The van der Waals surface area contributed by atoms with Crippen LogP contribution in [0, 0.1) is 0 Å². The quantitative estimate of drug-likeness (QED) is 0.181. The van der Waals surface area contributed by atoms with Crippen LogP contribution in [0.2, 0.25) is 0 Å². The fraction of sp³-hybridized carbons (Fsp3) is 0. The van der Waals surface area contributed by atoms with E-state index in [4.69, 9.17) is 0 Å². The zero-order chi connectivity index (χ0) is 21.7. The molecular weight excluding hydrogens is 784 g/mol. The fourth-order valence-electron chi connectivity index (χ4n) is 2.73. The molecule has 0 saturated heterocycles. The Labute approximate surface area is 232 Å². The smallest absolute Gasteiger partial charge is 0.0465 e. The van der Waals surface area contributed by atoms with Gasteiger partial charge in [-0.3, -0.25) is 0 Å². The summed E-state index contributed by atoms with van der Waals surface area (Å²) in [7, 11) is 0. The van der Waals surface area contributed by atoms with Gasteiger partial charge < -0.3 is 5.48 Å². The van der Waals surface area contributed by atoms with Crippen molar-refractivity contribution in [3.63, 3.8) is 0 Å². The van der Waals surface area contributed by atoms with Gasteiger partial charge in [0.05, 0.1) is 0 Å². The van der Waals surface area contributed by atoms with Gasteiger partial charge in [-0.05, 0) is 130 Å². The summed E-state index contributed by atoms with van der Waals surface area (Å²) in [6.07, 6.45) is 0. The molecular formula is C24H16Br6O. The second kappa shape index (κ2) is 12.8. The number of benzene rings is 4. The number of rotatable bonds is 2. The highest BCUT2D eigenvalue weighted by Gasteiger charge is 2.09. The molecule has 0 unspecified atom stereocenters. The van der Waals surface area contributed by atoms with E-state index in [0.717, 1.165) is 26.8 Å². The molecule has 160 valence electrons. The molecule has 2 N–H and O–H groups in total. The van der Waals surface area contributed by atoms with Crippen LogP contribution in [-0.4, -0.2) is 5.48 Å². The topological polar surface area (TPSA) is 31.5 Å². The molecule has 0 aliphatic heterocycles. The largest absolute Gasteiger partial charge is 0.412 e. The lowest BCUT2D eigenvalue weighted by molar-refractivity contribution is 0.824. The summed E-state index contributed by atoms with van der Waals surface area (Å²) in [4.78, 5) is 0. The van der Waals surface area contributed by atoms with E-state index >= 15 is 0 Å². The van der Waals surface area contributed by atoms with Crippen molar-refractivity contribution in [2.75, 3.05) is 0 Å². The van der Waals surface area contributed by atoms with E-state index in [2.05, 4.69) is 132 Å². The summed E-state index contributed by atoms with van der Waals surface area (Å²) in [6, 6.07) is 28.8. The summed E-state index contributed by atoms with van der Waals surface area (Å²) in [6.45, 7) is 0. The second-order valence-electron chi connectivity index (χ2n) is 6.18. The summed E-state index contributed by atoms with van der Waals surface area (Å²) < 4.78 is 6.34. The molecule has 7 heteroatoms. The molecule has 0 atom stereocenters. The van der Waals surface area contributed by atoms with Crippen LogP contribution in [0.1, 0.15) is 0 Å². The molecule has 1 nitrogen and oxygen atoms in total. The second-order valence-corrected chi connectivity index (χ2v) is 11.1. The van der Waals surface area contributed by atoms with E-state index in [1.807, 2.05) is 48.5 Å². The molecule has 31 heavy (non-hydrogen) atoms. The van der Waals surface area contributed by atoms with Crippen LogP contribution in [0.4, 0.5) is 0 Å². The maximum Gasteiger partial charge on any atom is 0.0465 e. The van der Waals surface area contributed by atoms with Crippen LogP contribution in [0.15, 0.2) is 112 Å². The zero-order valence-corrected chi connectivity index (χ0v) is 25.4. The summed E-state index contributed by atoms with van der Waals surface area (Å²) in [5, 5.41) is 0. The van der Waals surface area contributed by atoms with Gasteiger partial charge >= 0.3 is 0 Å². The highest BCUT2D eigenvalue weighted by Crippen LogP contribution is 2.39. The molecule has 0 saturated carbocycles. The van der Waals surface area contributed by atoms with E-state index in [9.17, 15) is 0 Å². The van der Waals surface area contributed by atoms with Gasteiger partial charge in [-0.25, -0.2) is 0 Å². The monoisotopic (exact) mass is 794 g/mol. The lowest BCUT2D eigenvalue weighted by Gasteiger charge is -2.07. The first-order valence-electron chi connectivity index (χ1n) is 8.78. The maximum atomic E-state index is 3.59. The third kappa shape index (κ3) is 6.85. The first-order chi connectivity index (χ1) is 14.4. The standard InChI is InChI=1S/2C12H7Br3.H2O/c2*13-10-7-6-9(11(14)12(10)15)8-4-2-1-3-5-8;/h2*1-7H;1H2. The lowest BCUT2D eigenvalue weighted by atomic mass is 10.1. The number of halogens is 6. The first-order valence-corrected chi connectivity index (χ1v) is 13.5. The Morgan fingerprint density at radius 1 is 0.355 bits per heavy atom. The predicted molar refractivity (Wildman–Crippen MR) is 154 cm³/mol. The van der Waals surface area contributed by atoms with Crippen molar-refractivity contribution in [2.24, 2.45) is 0 Å². The Morgan fingerprint density at radius 2 is 0.677 bits per heavy atom. The molecule has 4 aromatic carbocycles. The molecule has 0 amide bonds. The van der Waals surface area contributed by atoms with E-state index in [1.54, 1.807) is 0 Å². The van der Waals surface area contributed by atoms with Gasteiger partial charge in [0.15, 0.2) is 0 Å². The van der Waals surface area contributed by atoms with Gasteiger partial charge in [-0.2, -0.15) is 0 Å². The Balaban J connectivity index is 0.000000213. The minimum Gasteiger partial charge on any atom is -0.412 e. The van der Waals surface area contributed by atoms with Gasteiger partial charge in [-0.1, -0.05) is 72.8 Å². The van der Waals surface area contributed by atoms with Crippen LogP contribution in [0.25, 0.3) is 22.3 Å². The Bertz CT molecular complexity index is 1050. The Morgan fingerprint density at radius 3 is 1.00 bits per heavy atom. The molecule has 0 aliphatic carbocycles. The SMILES string of the molecule is Brc1ccc(-c2ccccc2)c(Br)c1Br.Brc1ccc(-c2ccccc2)c(Br)c1Br.O. The van der Waals surface area contributed by atoms with Gasteiger partial charge in [-0.15, -0.1) is 0 Å². The molecule has 0 aromatic heterocycles. The lowest BCUT2D eigenvalue weighted by Crippen LogP contribution is -1.81. The van der Waals surface area contributed by atoms with Crippen molar-refractivity contribution in [3.05, 3.63) is 112 Å². The minimum atomic E-state index is 0. The highest BCUT2D eigenvalue weighted by atomic mass is 79.9. The van der Waals surface area contributed by atoms with Crippen LogP contribution in [-0.2, 0) is 0 Å². The normalized spacial score (nSPS) is 10.0. The maximum absolute atomic E-state index is 3.59. The first kappa shape index (κ1) is 27.0. The average Bonchev–Trinajstić information content (AvgIpc) is 2.78. The van der Waals surface area contributed by atoms with E-state index in [1.165, 1.54) is 22.3 Å². The van der Waals surface area contributed by atoms with Crippen molar-refractivity contribution in [1.82, 2.24) is 0 Å². The summed E-state index contributed by atoms with van der Waals surface area (Å²) in [5.41, 5.74) is 4.78. The summed E-state index contributed by atoms with van der Waals surface area (Å²) in [5.74, 6) is 0. The zero-order valence-electron chi connectivity index (χ0n) is 15.9. The van der Waals surface area contributed by atoms with Crippen LogP contribution in [0.3, 0.4) is 0 Å². The highest BCUT2D eigenvalue weighted by molar-refractivity contribution is 9.15. The van der Waals surface area contributed by atoms with Crippen molar-refractivity contribution >= 4 is 95.6 Å².